The zero-order valence-electron chi connectivity index (χ0n) is 18.4. The molecule has 4 aromatic rings. The second-order valence-electron chi connectivity index (χ2n) is 7.74. The van der Waals surface area contributed by atoms with E-state index in [2.05, 4.69) is 37.3 Å². The second-order valence-corrected chi connectivity index (χ2v) is 10.3. The van der Waals surface area contributed by atoms with Gasteiger partial charge < -0.3 is 19.9 Å². The van der Waals surface area contributed by atoms with Crippen molar-refractivity contribution in [2.24, 2.45) is 5.14 Å². The van der Waals surface area contributed by atoms with Gasteiger partial charge >= 0.3 is 0 Å². The van der Waals surface area contributed by atoms with E-state index >= 15 is 0 Å². The number of hydrogen-bond acceptors (Lipinski definition) is 10. The maximum atomic E-state index is 11.5. The molecule has 0 amide bonds. The van der Waals surface area contributed by atoms with E-state index in [0.29, 0.717) is 16.5 Å². The zero-order valence-corrected chi connectivity index (χ0v) is 20.0. The maximum absolute atomic E-state index is 11.5. The van der Waals surface area contributed by atoms with Crippen molar-refractivity contribution >= 4 is 59.7 Å². The fraction of sp³-hybridized carbons (Fsp3) is 0.227. The molecule has 1 saturated heterocycles. The Morgan fingerprint density at radius 3 is 2.62 bits per heavy atom. The second kappa shape index (κ2) is 9.14. The molecule has 34 heavy (non-hydrogen) atoms. The molecule has 3 heterocycles. The Kier molecular flexibility index (Phi) is 6.04. The van der Waals surface area contributed by atoms with E-state index in [4.69, 9.17) is 9.88 Å². The van der Waals surface area contributed by atoms with Crippen LogP contribution in [0.15, 0.2) is 59.8 Å². The number of thiazole rings is 1. The summed E-state index contributed by atoms with van der Waals surface area (Å²) < 4.78 is 29.2. The number of nitrogens with two attached hydrogens (primary N) is 1. The fourth-order valence-corrected chi connectivity index (χ4v) is 5.21. The highest BCUT2D eigenvalue weighted by Crippen LogP contribution is 2.36. The normalized spacial score (nSPS) is 14.4. The SMILES string of the molecule is CN(c1cccc(N2CCOCC2)c1)c1ncnc2nc(Nc3ccc(S(N)(=O)=O)cc3)sc12. The first-order valence-electron chi connectivity index (χ1n) is 10.6. The third-order valence-corrected chi connectivity index (χ3v) is 7.40. The molecule has 0 atom stereocenters. The summed E-state index contributed by atoms with van der Waals surface area (Å²) in [6, 6.07) is 14.5. The van der Waals surface area contributed by atoms with Crippen molar-refractivity contribution in [1.82, 2.24) is 15.0 Å². The minimum atomic E-state index is -3.74. The van der Waals surface area contributed by atoms with E-state index in [1.54, 1.807) is 12.1 Å². The lowest BCUT2D eigenvalue weighted by atomic mass is 10.2. The van der Waals surface area contributed by atoms with E-state index in [-0.39, 0.29) is 4.90 Å². The van der Waals surface area contributed by atoms with Crippen molar-refractivity contribution in [3.63, 3.8) is 0 Å². The van der Waals surface area contributed by atoms with E-state index in [1.807, 2.05) is 24.1 Å². The van der Waals surface area contributed by atoms with E-state index in [1.165, 1.54) is 29.8 Å². The van der Waals surface area contributed by atoms with Crippen molar-refractivity contribution in [2.75, 3.05) is 48.5 Å². The molecule has 0 spiro atoms. The number of sulfonamides is 1. The van der Waals surface area contributed by atoms with Gasteiger partial charge in [-0.3, -0.25) is 0 Å². The first kappa shape index (κ1) is 22.5. The molecular formula is C22H23N7O3S2. The molecule has 0 radical (unpaired) electrons. The Morgan fingerprint density at radius 1 is 1.12 bits per heavy atom. The number of fused-ring (bicyclic) bond motifs is 1. The van der Waals surface area contributed by atoms with Crippen molar-refractivity contribution < 1.29 is 13.2 Å². The summed E-state index contributed by atoms with van der Waals surface area (Å²) in [7, 11) is -1.77. The summed E-state index contributed by atoms with van der Waals surface area (Å²) in [6.45, 7) is 3.20. The highest BCUT2D eigenvalue weighted by Gasteiger charge is 2.17. The molecule has 2 aromatic carbocycles. The van der Waals surface area contributed by atoms with Crippen LogP contribution in [0.25, 0.3) is 10.3 Å². The lowest BCUT2D eigenvalue weighted by Crippen LogP contribution is -2.36. The average molecular weight is 498 g/mol. The zero-order chi connectivity index (χ0) is 23.7. The van der Waals surface area contributed by atoms with Crippen molar-refractivity contribution in [3.8, 4) is 0 Å². The van der Waals surface area contributed by atoms with Crippen LogP contribution in [0.1, 0.15) is 0 Å². The molecule has 0 aliphatic carbocycles. The van der Waals surface area contributed by atoms with Crippen LogP contribution in [0.5, 0.6) is 0 Å². The molecule has 10 nitrogen and oxygen atoms in total. The summed E-state index contributed by atoms with van der Waals surface area (Å²) in [5.41, 5.74) is 3.42. The lowest BCUT2D eigenvalue weighted by Gasteiger charge is -2.30. The standard InChI is InChI=1S/C22H23N7O3S2/c1-28(16-3-2-4-17(13-16)29-9-11-32-12-10-29)21-19-20(24-14-25-21)27-22(33-19)26-15-5-7-18(8-6-15)34(23,30)31/h2-8,13-14H,9-12H2,1H3,(H2,23,30,31)(H,24,25,26,27). The highest BCUT2D eigenvalue weighted by molar-refractivity contribution is 7.89. The van der Waals surface area contributed by atoms with Gasteiger partial charge in [0.05, 0.1) is 18.1 Å². The van der Waals surface area contributed by atoms with Gasteiger partial charge in [-0.25, -0.2) is 23.5 Å². The van der Waals surface area contributed by atoms with Gasteiger partial charge in [0.2, 0.25) is 10.0 Å². The van der Waals surface area contributed by atoms with Crippen molar-refractivity contribution in [2.45, 2.75) is 4.90 Å². The van der Waals surface area contributed by atoms with Gasteiger partial charge in [0.15, 0.2) is 16.6 Å². The van der Waals surface area contributed by atoms with E-state index < -0.39 is 10.0 Å². The molecule has 12 heteroatoms. The number of nitrogens with zero attached hydrogens (tertiary/aromatic N) is 5. The van der Waals surface area contributed by atoms with Gasteiger partial charge in [-0.15, -0.1) is 0 Å². The molecule has 0 unspecified atom stereocenters. The number of primary sulfonamides is 1. The number of nitrogens with one attached hydrogen (secondary N) is 1. The third-order valence-electron chi connectivity index (χ3n) is 5.52. The van der Waals surface area contributed by atoms with Crippen molar-refractivity contribution in [1.29, 1.82) is 0 Å². The van der Waals surface area contributed by atoms with Crippen LogP contribution in [0.2, 0.25) is 0 Å². The Morgan fingerprint density at radius 2 is 1.88 bits per heavy atom. The van der Waals surface area contributed by atoms with Crippen LogP contribution in [0.3, 0.4) is 0 Å². The molecule has 176 valence electrons. The Hall–Kier alpha value is -3.32. The molecule has 1 aliphatic heterocycles. The Bertz CT molecular complexity index is 1420. The number of morpholine rings is 1. The lowest BCUT2D eigenvalue weighted by molar-refractivity contribution is 0.122. The number of aromatic nitrogens is 3. The van der Waals surface area contributed by atoms with Crippen LogP contribution in [0.4, 0.5) is 28.0 Å². The summed E-state index contributed by atoms with van der Waals surface area (Å²) in [5.74, 6) is 0.749. The van der Waals surface area contributed by atoms with Crippen LogP contribution in [-0.4, -0.2) is 56.7 Å². The largest absolute Gasteiger partial charge is 0.378 e. The number of ether oxygens (including phenoxy) is 1. The van der Waals surface area contributed by atoms with Crippen LogP contribution in [-0.2, 0) is 14.8 Å². The first-order valence-corrected chi connectivity index (χ1v) is 12.9. The van der Waals surface area contributed by atoms with Crippen LogP contribution < -0.4 is 20.3 Å². The third kappa shape index (κ3) is 4.66. The molecule has 1 fully saturated rings. The van der Waals surface area contributed by atoms with Crippen LogP contribution >= 0.6 is 11.3 Å². The Balaban J connectivity index is 1.41. The summed E-state index contributed by atoms with van der Waals surface area (Å²) >= 11 is 1.42. The number of benzene rings is 2. The highest BCUT2D eigenvalue weighted by atomic mass is 32.2. The number of anilines is 5. The molecule has 5 rings (SSSR count). The quantitative estimate of drug-likeness (QED) is 0.413. The number of rotatable bonds is 6. The van der Waals surface area contributed by atoms with Gasteiger partial charge in [-0.1, -0.05) is 17.4 Å². The van der Waals surface area contributed by atoms with Gasteiger partial charge in [0.25, 0.3) is 0 Å². The first-order chi connectivity index (χ1) is 16.4. The molecular weight excluding hydrogens is 474 g/mol. The van der Waals surface area contributed by atoms with Gasteiger partial charge in [-0.05, 0) is 42.5 Å². The predicted molar refractivity (Wildman–Crippen MR) is 134 cm³/mol. The molecule has 1 aliphatic rings. The minimum absolute atomic E-state index is 0.0523. The molecule has 3 N–H and O–H groups in total. The van der Waals surface area contributed by atoms with Crippen molar-refractivity contribution in [3.05, 3.63) is 54.9 Å². The van der Waals surface area contributed by atoms with Gasteiger partial charge in [0.1, 0.15) is 11.0 Å². The Labute approximate surface area is 201 Å². The molecule has 0 saturated carbocycles. The average Bonchev–Trinajstić information content (AvgIpc) is 3.26. The van der Waals surface area contributed by atoms with Gasteiger partial charge in [-0.2, -0.15) is 4.98 Å². The maximum Gasteiger partial charge on any atom is 0.238 e. The minimum Gasteiger partial charge on any atom is -0.378 e. The predicted octanol–water partition coefficient (Wildman–Crippen LogP) is 3.08. The van der Waals surface area contributed by atoms with Gasteiger partial charge in [0, 0.05) is 37.2 Å². The smallest absolute Gasteiger partial charge is 0.238 e. The fourth-order valence-electron chi connectivity index (χ4n) is 3.73. The topological polar surface area (TPSA) is 127 Å². The summed E-state index contributed by atoms with van der Waals surface area (Å²) in [6.07, 6.45) is 1.50. The monoisotopic (exact) mass is 497 g/mol. The summed E-state index contributed by atoms with van der Waals surface area (Å²) in [5, 5.41) is 8.99. The molecule has 2 aromatic heterocycles. The van der Waals surface area contributed by atoms with Crippen LogP contribution in [0, 0.1) is 0 Å². The number of hydrogen-bond donors (Lipinski definition) is 2. The van der Waals surface area contributed by atoms with E-state index in [9.17, 15) is 8.42 Å². The molecule has 0 bridgehead atoms. The van der Waals surface area contributed by atoms with E-state index in [0.717, 1.165) is 48.2 Å². The summed E-state index contributed by atoms with van der Waals surface area (Å²) in [4.78, 5) is 17.8.